The van der Waals surface area contributed by atoms with Crippen LogP contribution < -0.4 is 15.4 Å². The minimum Gasteiger partial charge on any atom is -0.496 e. The van der Waals surface area contributed by atoms with Crippen LogP contribution in [-0.2, 0) is 11.2 Å². The number of ether oxygens (including phenoxy) is 1. The van der Waals surface area contributed by atoms with Gasteiger partial charge in [0.05, 0.1) is 13.5 Å². The number of benzene rings is 1. The Morgan fingerprint density at radius 2 is 2.32 bits per heavy atom. The number of carbonyl (C=O) groups excluding carboxylic acids is 1. The Bertz CT molecular complexity index is 479. The van der Waals surface area contributed by atoms with Crippen molar-refractivity contribution in [3.05, 3.63) is 28.2 Å². The van der Waals surface area contributed by atoms with E-state index >= 15 is 0 Å². The van der Waals surface area contributed by atoms with Crippen LogP contribution in [0, 0.1) is 5.92 Å². The lowest BCUT2D eigenvalue weighted by atomic mass is 9.96. The number of amides is 1. The number of hydrogen-bond acceptors (Lipinski definition) is 3. The van der Waals surface area contributed by atoms with Crippen molar-refractivity contribution in [2.24, 2.45) is 5.92 Å². The van der Waals surface area contributed by atoms with Gasteiger partial charge in [-0.1, -0.05) is 15.9 Å². The maximum absolute atomic E-state index is 12.0. The van der Waals surface area contributed by atoms with Crippen LogP contribution in [0.3, 0.4) is 0 Å². The summed E-state index contributed by atoms with van der Waals surface area (Å²) in [5, 5.41) is 6.41. The molecule has 1 aromatic carbocycles. The highest BCUT2D eigenvalue weighted by atomic mass is 79.9. The molecule has 124 valence electrons. The Morgan fingerprint density at radius 3 is 3.00 bits per heavy atom. The van der Waals surface area contributed by atoms with Gasteiger partial charge >= 0.3 is 0 Å². The fourth-order valence-electron chi connectivity index (χ4n) is 2.71. The Balaban J connectivity index is 0.00000242. The van der Waals surface area contributed by atoms with Crippen molar-refractivity contribution >= 4 is 34.2 Å². The normalized spacial score (nSPS) is 17.5. The van der Waals surface area contributed by atoms with Gasteiger partial charge in [0.2, 0.25) is 5.91 Å². The van der Waals surface area contributed by atoms with Crippen LogP contribution in [0.4, 0.5) is 0 Å². The van der Waals surface area contributed by atoms with Crippen molar-refractivity contribution < 1.29 is 9.53 Å². The maximum atomic E-state index is 12.0. The number of methoxy groups -OCH3 is 1. The van der Waals surface area contributed by atoms with E-state index in [-0.39, 0.29) is 18.3 Å². The fraction of sp³-hybridized carbons (Fsp3) is 0.562. The molecule has 0 aliphatic carbocycles. The summed E-state index contributed by atoms with van der Waals surface area (Å²) in [7, 11) is 1.63. The molecule has 1 aromatic rings. The van der Waals surface area contributed by atoms with Crippen LogP contribution in [0.2, 0.25) is 0 Å². The third-order valence-corrected chi connectivity index (χ3v) is 4.36. The highest BCUT2D eigenvalue weighted by molar-refractivity contribution is 9.10. The molecule has 0 radical (unpaired) electrons. The lowest BCUT2D eigenvalue weighted by Gasteiger charge is -2.22. The van der Waals surface area contributed by atoms with Crippen LogP contribution in [-0.4, -0.2) is 32.7 Å². The Morgan fingerprint density at radius 1 is 1.50 bits per heavy atom. The number of halogens is 2. The molecule has 2 N–H and O–H groups in total. The summed E-state index contributed by atoms with van der Waals surface area (Å²) in [5.74, 6) is 1.50. The molecule has 22 heavy (non-hydrogen) atoms. The van der Waals surface area contributed by atoms with Crippen molar-refractivity contribution in [3.63, 3.8) is 0 Å². The van der Waals surface area contributed by atoms with Gasteiger partial charge in [0.1, 0.15) is 5.75 Å². The molecular weight excluding hydrogens is 368 g/mol. The molecule has 0 spiro atoms. The molecule has 1 heterocycles. The summed E-state index contributed by atoms with van der Waals surface area (Å²) in [5.41, 5.74) is 0.906. The van der Waals surface area contributed by atoms with E-state index in [4.69, 9.17) is 4.74 Å². The summed E-state index contributed by atoms with van der Waals surface area (Å²) in [6.07, 6.45) is 3.91. The summed E-state index contributed by atoms with van der Waals surface area (Å²) in [4.78, 5) is 12.0. The number of rotatable bonds is 6. The number of piperidine rings is 1. The first-order valence-electron chi connectivity index (χ1n) is 7.49. The molecule has 4 nitrogen and oxygen atoms in total. The number of carbonyl (C=O) groups is 1. The fourth-order valence-corrected chi connectivity index (χ4v) is 3.12. The van der Waals surface area contributed by atoms with Crippen LogP contribution in [0.25, 0.3) is 0 Å². The second kappa shape index (κ2) is 10.1. The summed E-state index contributed by atoms with van der Waals surface area (Å²) in [6.45, 7) is 2.96. The largest absolute Gasteiger partial charge is 0.496 e. The smallest absolute Gasteiger partial charge is 0.224 e. The van der Waals surface area contributed by atoms with Gasteiger partial charge in [0, 0.05) is 16.6 Å². The molecule has 0 aromatic heterocycles. The van der Waals surface area contributed by atoms with Gasteiger partial charge in [-0.15, -0.1) is 12.4 Å². The van der Waals surface area contributed by atoms with E-state index in [2.05, 4.69) is 26.6 Å². The Kier molecular flexibility index (Phi) is 8.83. The lowest BCUT2D eigenvalue weighted by molar-refractivity contribution is -0.120. The highest BCUT2D eigenvalue weighted by Gasteiger charge is 2.13. The monoisotopic (exact) mass is 390 g/mol. The zero-order valence-electron chi connectivity index (χ0n) is 12.9. The van der Waals surface area contributed by atoms with E-state index in [9.17, 15) is 4.79 Å². The van der Waals surface area contributed by atoms with E-state index in [0.29, 0.717) is 12.3 Å². The molecule has 1 amide bonds. The number of hydrogen-bond donors (Lipinski definition) is 2. The summed E-state index contributed by atoms with van der Waals surface area (Å²) < 4.78 is 6.25. The first-order chi connectivity index (χ1) is 10.2. The minimum absolute atomic E-state index is 0. The van der Waals surface area contributed by atoms with Crippen molar-refractivity contribution in [1.82, 2.24) is 10.6 Å². The average molecular weight is 392 g/mol. The third kappa shape index (κ3) is 6.15. The van der Waals surface area contributed by atoms with Crippen molar-refractivity contribution in [3.8, 4) is 5.75 Å². The van der Waals surface area contributed by atoms with Crippen molar-refractivity contribution in [2.45, 2.75) is 25.7 Å². The molecule has 1 fully saturated rings. The summed E-state index contributed by atoms with van der Waals surface area (Å²) >= 11 is 3.43. The maximum Gasteiger partial charge on any atom is 0.224 e. The standard InChI is InChI=1S/C16H23BrN2O2.ClH/c1-21-15-5-4-14(17)9-13(15)10-16(20)19-8-6-12-3-2-7-18-11-12;/h4-5,9,12,18H,2-3,6-8,10-11H2,1H3,(H,19,20);1H. The molecule has 0 bridgehead atoms. The minimum atomic E-state index is 0. The lowest BCUT2D eigenvalue weighted by Crippen LogP contribution is -2.33. The second-order valence-corrected chi connectivity index (χ2v) is 6.40. The average Bonchev–Trinajstić information content (AvgIpc) is 2.48. The quantitative estimate of drug-likeness (QED) is 0.784. The molecule has 1 atom stereocenters. The zero-order valence-corrected chi connectivity index (χ0v) is 15.3. The van der Waals surface area contributed by atoms with Crippen LogP contribution in [0.1, 0.15) is 24.8 Å². The van der Waals surface area contributed by atoms with Gasteiger partial charge in [0.15, 0.2) is 0 Å². The molecule has 1 aliphatic heterocycles. The van der Waals surface area contributed by atoms with E-state index in [1.807, 2.05) is 18.2 Å². The predicted molar refractivity (Wildman–Crippen MR) is 94.9 cm³/mol. The third-order valence-electron chi connectivity index (χ3n) is 3.87. The molecule has 1 aliphatic rings. The second-order valence-electron chi connectivity index (χ2n) is 5.48. The van der Waals surface area contributed by atoms with E-state index in [0.717, 1.165) is 41.8 Å². The van der Waals surface area contributed by atoms with Crippen molar-refractivity contribution in [2.75, 3.05) is 26.7 Å². The first-order valence-corrected chi connectivity index (χ1v) is 8.28. The molecule has 1 unspecified atom stereocenters. The SMILES string of the molecule is COc1ccc(Br)cc1CC(=O)NCCC1CCCNC1.Cl. The van der Waals surface area contributed by atoms with Crippen molar-refractivity contribution in [1.29, 1.82) is 0 Å². The molecule has 1 saturated heterocycles. The Labute approximate surface area is 146 Å². The zero-order chi connectivity index (χ0) is 15.1. The molecule has 6 heteroatoms. The van der Waals surface area contributed by atoms with Crippen LogP contribution in [0.5, 0.6) is 5.75 Å². The van der Waals surface area contributed by atoms with Gasteiger partial charge in [-0.05, 0) is 56.5 Å². The molecular formula is C16H24BrClN2O2. The highest BCUT2D eigenvalue weighted by Crippen LogP contribution is 2.23. The van der Waals surface area contributed by atoms with Gasteiger partial charge in [-0.3, -0.25) is 4.79 Å². The molecule has 2 rings (SSSR count). The Hall–Kier alpha value is -0.780. The van der Waals surface area contributed by atoms with Gasteiger partial charge in [-0.25, -0.2) is 0 Å². The van der Waals surface area contributed by atoms with Gasteiger partial charge < -0.3 is 15.4 Å². The van der Waals surface area contributed by atoms with Gasteiger partial charge in [-0.2, -0.15) is 0 Å². The van der Waals surface area contributed by atoms with E-state index < -0.39 is 0 Å². The van der Waals surface area contributed by atoms with E-state index in [1.165, 1.54) is 12.8 Å². The van der Waals surface area contributed by atoms with Gasteiger partial charge in [0.25, 0.3) is 0 Å². The summed E-state index contributed by atoms with van der Waals surface area (Å²) in [6, 6.07) is 5.72. The van der Waals surface area contributed by atoms with E-state index in [1.54, 1.807) is 7.11 Å². The number of nitrogens with one attached hydrogen (secondary N) is 2. The predicted octanol–water partition coefficient (Wildman–Crippen LogP) is 2.93. The first kappa shape index (κ1) is 19.3. The van der Waals surface area contributed by atoms with Crippen LogP contribution >= 0.6 is 28.3 Å². The topological polar surface area (TPSA) is 50.4 Å². The van der Waals surface area contributed by atoms with Crippen LogP contribution in [0.15, 0.2) is 22.7 Å². The molecule has 0 saturated carbocycles.